The van der Waals surface area contributed by atoms with Crippen molar-refractivity contribution in [1.29, 1.82) is 0 Å². The van der Waals surface area contributed by atoms with Crippen molar-refractivity contribution in [3.05, 3.63) is 99.0 Å². The number of carbonyl (C=O) groups is 1. The third-order valence-corrected chi connectivity index (χ3v) is 3.81. The number of carbonyl (C=O) groups excluding carboxylic acids is 1. The molecule has 0 aliphatic carbocycles. The molecular formula is C21H27N3NiO9+2. The van der Waals surface area contributed by atoms with Crippen LogP contribution in [0.4, 0.5) is 0 Å². The Balaban J connectivity index is -0.000000219. The second kappa shape index (κ2) is 17.8. The number of hydrogen-bond acceptors (Lipinski definition) is 7. The Kier molecular flexibility index (Phi) is 19.6. The molecule has 0 amide bonds. The van der Waals surface area contributed by atoms with Gasteiger partial charge in [-0.05, 0) is 31.5 Å². The molecule has 0 unspecified atom stereocenters. The Morgan fingerprint density at radius 3 is 1.35 bits per heavy atom. The van der Waals surface area contributed by atoms with Gasteiger partial charge in [-0.15, -0.1) is 0 Å². The van der Waals surface area contributed by atoms with Gasteiger partial charge >= 0.3 is 16.5 Å². The van der Waals surface area contributed by atoms with Crippen LogP contribution >= 0.6 is 0 Å². The van der Waals surface area contributed by atoms with Gasteiger partial charge in [-0.1, -0.05) is 54.6 Å². The van der Waals surface area contributed by atoms with Gasteiger partial charge in [0.05, 0.1) is 22.1 Å². The van der Waals surface area contributed by atoms with Crippen LogP contribution in [-0.2, 0) is 27.4 Å². The zero-order chi connectivity index (χ0) is 21.4. The summed E-state index contributed by atoms with van der Waals surface area (Å²) in [4.78, 5) is 27.5. The van der Waals surface area contributed by atoms with E-state index < -0.39 is 11.1 Å². The Morgan fingerprint density at radius 1 is 0.735 bits per heavy atom. The average Bonchev–Trinajstić information content (AvgIpc) is 2.68. The minimum Gasteiger partial charge on any atom is -0.545 e. The summed E-state index contributed by atoms with van der Waals surface area (Å²) in [6, 6.07) is 20.5. The number of benzene rings is 2. The van der Waals surface area contributed by atoms with Crippen LogP contribution in [-0.4, -0.2) is 32.0 Å². The Bertz CT molecular complexity index is 1100. The van der Waals surface area contributed by atoms with Gasteiger partial charge < -0.3 is 47.1 Å². The fourth-order valence-electron chi connectivity index (χ4n) is 2.54. The third-order valence-electron chi connectivity index (χ3n) is 3.81. The molecule has 34 heavy (non-hydrogen) atoms. The van der Waals surface area contributed by atoms with Crippen molar-refractivity contribution in [2.45, 2.75) is 13.8 Å². The summed E-state index contributed by atoms with van der Waals surface area (Å²) in [6.45, 7) is 4.02. The molecule has 0 saturated heterocycles. The number of aromatic nitrogens is 2. The second-order valence-electron chi connectivity index (χ2n) is 5.99. The molecular weight excluding hydrogens is 497 g/mol. The molecule has 0 radical (unpaired) electrons. The molecule has 0 aliphatic heterocycles. The van der Waals surface area contributed by atoms with Gasteiger partial charge in [0.1, 0.15) is 0 Å². The van der Waals surface area contributed by atoms with Crippen molar-refractivity contribution < 1.29 is 53.4 Å². The molecule has 2 aromatic heterocycles. The average molecular weight is 524 g/mol. The van der Waals surface area contributed by atoms with Crippen LogP contribution in [0.2, 0.25) is 0 Å². The van der Waals surface area contributed by atoms with E-state index in [1.54, 1.807) is 18.2 Å². The number of carboxylic acid groups (broad SMARTS) is 1. The molecule has 0 fully saturated rings. The maximum atomic E-state index is 10.1. The first kappa shape index (κ1) is 37.6. The van der Waals surface area contributed by atoms with Gasteiger partial charge in [-0.2, -0.15) is 0 Å². The zero-order valence-electron chi connectivity index (χ0n) is 18.2. The summed E-state index contributed by atoms with van der Waals surface area (Å²) in [5, 5.41) is 27.1. The van der Waals surface area contributed by atoms with E-state index in [9.17, 15) is 9.90 Å². The van der Waals surface area contributed by atoms with Gasteiger partial charge in [-0.25, -0.2) is 0 Å². The van der Waals surface area contributed by atoms with Crippen molar-refractivity contribution in [3.8, 4) is 0 Å². The van der Waals surface area contributed by atoms with Crippen molar-refractivity contribution in [2.24, 2.45) is 0 Å². The quantitative estimate of drug-likeness (QED) is 0.105. The standard InChI is InChI=1S/C14H12N2.C7H6O2.NO3.Ni.4H2O/c1-9-3-5-11-7-8-12-6-4-10(2)16-14(12)13(11)15-9;8-7(9)6-4-2-1-3-5-6;2-1(3)4;;;;;/h3-8H,1-2H3;1-5H,(H,8,9);;;4*1H2/q;;-1;+2;;;;/p+1. The number of carboxylic acids is 1. The minimum atomic E-state index is -1.75. The molecule has 4 rings (SSSR count). The number of pyridine rings is 2. The number of rotatable bonds is 1. The number of fused-ring (bicyclic) bond motifs is 3. The van der Waals surface area contributed by atoms with E-state index in [0.717, 1.165) is 33.2 Å². The summed E-state index contributed by atoms with van der Waals surface area (Å²) >= 11 is 0. The summed E-state index contributed by atoms with van der Waals surface area (Å²) in [6.07, 6.45) is 0. The number of hydrogen-bond donors (Lipinski definition) is 0. The van der Waals surface area contributed by atoms with Gasteiger partial charge in [0.2, 0.25) is 0 Å². The topological polar surface area (TPSA) is 261 Å². The van der Waals surface area contributed by atoms with Crippen molar-refractivity contribution in [2.75, 3.05) is 0 Å². The SMILES string of the molecule is Cc1ccc2ccc3ccc(C)nc3c2n1.O.O.O=C([O-])c1ccccc1.O=[N+]([O-])[O-].[Ni+2].[OH3+].[OH3+]. The van der Waals surface area contributed by atoms with Crippen LogP contribution < -0.4 is 5.11 Å². The molecule has 0 saturated carbocycles. The Morgan fingerprint density at radius 2 is 1.06 bits per heavy atom. The van der Waals surface area contributed by atoms with Crippen molar-refractivity contribution >= 4 is 27.8 Å². The molecule has 0 aliphatic rings. The second-order valence-corrected chi connectivity index (χ2v) is 5.99. The molecule has 0 spiro atoms. The van der Waals surface area contributed by atoms with Crippen LogP contribution in [0.3, 0.4) is 0 Å². The molecule has 10 N–H and O–H groups in total. The smallest absolute Gasteiger partial charge is 0.545 e. The van der Waals surface area contributed by atoms with E-state index in [4.69, 9.17) is 15.3 Å². The minimum absolute atomic E-state index is 0. The maximum Gasteiger partial charge on any atom is 2.00 e. The molecule has 188 valence electrons. The van der Waals surface area contributed by atoms with E-state index in [0.29, 0.717) is 0 Å². The normalized spacial score (nSPS) is 8.29. The Hall–Kier alpha value is -3.74. The largest absolute Gasteiger partial charge is 2.00 e. The fraction of sp³-hybridized carbons (Fsp3) is 0.0952. The summed E-state index contributed by atoms with van der Waals surface area (Å²) in [5.41, 5.74) is 4.28. The molecule has 12 nitrogen and oxygen atoms in total. The van der Waals surface area contributed by atoms with E-state index in [1.165, 1.54) is 12.1 Å². The Labute approximate surface area is 204 Å². The molecule has 4 aromatic rings. The van der Waals surface area contributed by atoms with Gasteiger partial charge in [0.15, 0.2) is 0 Å². The van der Waals surface area contributed by atoms with Gasteiger partial charge in [0.25, 0.3) is 0 Å². The fourth-order valence-corrected chi connectivity index (χ4v) is 2.54. The summed E-state index contributed by atoms with van der Waals surface area (Å²) < 4.78 is 0. The number of aryl methyl sites for hydroxylation is 2. The number of nitrogens with zero attached hydrogens (tertiary/aromatic N) is 3. The van der Waals surface area contributed by atoms with Crippen LogP contribution in [0.1, 0.15) is 21.7 Å². The van der Waals surface area contributed by atoms with Crippen molar-refractivity contribution in [1.82, 2.24) is 9.97 Å². The van der Waals surface area contributed by atoms with Gasteiger partial charge in [-0.3, -0.25) is 9.97 Å². The van der Waals surface area contributed by atoms with Gasteiger partial charge in [0, 0.05) is 22.2 Å². The van der Waals surface area contributed by atoms with Crippen LogP contribution in [0.15, 0.2) is 66.7 Å². The number of aromatic carboxylic acids is 1. The first-order valence-electron chi connectivity index (χ1n) is 8.49. The first-order chi connectivity index (χ1) is 13.8. The summed E-state index contributed by atoms with van der Waals surface area (Å²) in [5.74, 6) is -1.13. The predicted octanol–water partition coefficient (Wildman–Crippen LogP) is -0.285. The van der Waals surface area contributed by atoms with E-state index in [1.807, 2.05) is 26.0 Å². The maximum absolute atomic E-state index is 10.1. The zero-order valence-corrected chi connectivity index (χ0v) is 19.2. The van der Waals surface area contributed by atoms with E-state index >= 15 is 0 Å². The first-order valence-corrected chi connectivity index (χ1v) is 8.49. The monoisotopic (exact) mass is 523 g/mol. The van der Waals surface area contributed by atoms with E-state index in [2.05, 4.69) is 34.2 Å². The molecule has 2 heterocycles. The summed E-state index contributed by atoms with van der Waals surface area (Å²) in [7, 11) is 0. The van der Waals surface area contributed by atoms with Crippen LogP contribution in [0.25, 0.3) is 21.8 Å². The predicted molar refractivity (Wildman–Crippen MR) is 125 cm³/mol. The molecule has 0 atom stereocenters. The van der Waals surface area contributed by atoms with Crippen LogP contribution in [0.5, 0.6) is 0 Å². The third kappa shape index (κ3) is 11.2. The van der Waals surface area contributed by atoms with E-state index in [-0.39, 0.29) is 44.0 Å². The molecule has 0 bridgehead atoms. The van der Waals surface area contributed by atoms with Crippen LogP contribution in [0, 0.1) is 29.2 Å². The molecule has 2 aromatic carbocycles. The van der Waals surface area contributed by atoms with Crippen molar-refractivity contribution in [3.63, 3.8) is 0 Å². The molecule has 13 heteroatoms.